The molecule has 2 aromatic carbocycles. The molecule has 7 rings (SSSR count). The number of amides is 1. The molecule has 1 saturated heterocycles. The molecule has 0 bridgehead atoms. The van der Waals surface area contributed by atoms with Crippen molar-refractivity contribution in [3.05, 3.63) is 89.2 Å². The van der Waals surface area contributed by atoms with E-state index in [2.05, 4.69) is 39.5 Å². The van der Waals surface area contributed by atoms with Crippen molar-refractivity contribution < 1.29 is 14.5 Å². The summed E-state index contributed by atoms with van der Waals surface area (Å²) in [5, 5.41) is 5.42. The molecule has 208 valence electrons. The molecule has 7 nitrogen and oxygen atoms in total. The van der Waals surface area contributed by atoms with Gasteiger partial charge in [-0.15, -0.1) is 11.3 Å². The van der Waals surface area contributed by atoms with Crippen molar-refractivity contribution in [2.75, 3.05) is 37.0 Å². The Morgan fingerprint density at radius 3 is 2.39 bits per heavy atom. The second-order valence-electron chi connectivity index (χ2n) is 10.5. The summed E-state index contributed by atoms with van der Waals surface area (Å²) in [7, 11) is 0. The van der Waals surface area contributed by atoms with Gasteiger partial charge in [-0.05, 0) is 52.9 Å². The van der Waals surface area contributed by atoms with Gasteiger partial charge in [0.1, 0.15) is 15.3 Å². The first-order valence-corrected chi connectivity index (χ1v) is 16.1. The number of ether oxygens (including phenoxy) is 1. The average molecular weight is 583 g/mol. The van der Waals surface area contributed by atoms with Gasteiger partial charge in [0, 0.05) is 13.1 Å². The molecular weight excluding hydrogens is 551 g/mol. The van der Waals surface area contributed by atoms with Crippen LogP contribution in [0.15, 0.2) is 72.0 Å². The predicted octanol–water partition coefficient (Wildman–Crippen LogP) is 5.37. The number of hydrogen-bond acceptors (Lipinski definition) is 7. The van der Waals surface area contributed by atoms with E-state index in [9.17, 15) is 4.79 Å². The van der Waals surface area contributed by atoms with E-state index in [1.165, 1.54) is 41.1 Å². The van der Waals surface area contributed by atoms with E-state index in [0.29, 0.717) is 5.75 Å². The lowest BCUT2D eigenvalue weighted by Gasteiger charge is -2.31. The summed E-state index contributed by atoms with van der Waals surface area (Å²) in [4.78, 5) is 30.1. The van der Waals surface area contributed by atoms with Crippen LogP contribution in [0.25, 0.3) is 20.4 Å². The first kappa shape index (κ1) is 26.4. The number of pyridine rings is 1. The van der Waals surface area contributed by atoms with E-state index in [1.54, 1.807) is 17.7 Å². The zero-order valence-electron chi connectivity index (χ0n) is 22.8. The third kappa shape index (κ3) is 5.29. The molecule has 3 aromatic heterocycles. The number of aryl methyl sites for hydroxylation is 1. The van der Waals surface area contributed by atoms with Gasteiger partial charge in [-0.25, -0.2) is 9.97 Å². The Hall–Kier alpha value is -3.53. The highest BCUT2D eigenvalue weighted by Gasteiger charge is 2.28. The molecule has 2 N–H and O–H groups in total. The van der Waals surface area contributed by atoms with Gasteiger partial charge in [0.05, 0.1) is 30.4 Å². The molecule has 1 aliphatic carbocycles. The van der Waals surface area contributed by atoms with Gasteiger partial charge >= 0.3 is 0 Å². The lowest BCUT2D eigenvalue weighted by Crippen LogP contribution is -2.37. The zero-order chi connectivity index (χ0) is 27.6. The van der Waals surface area contributed by atoms with Crippen molar-refractivity contribution in [3.8, 4) is 0 Å². The SMILES string of the molecule is O=C(CSc1[nH+]cnc2c1sc1nc(N3CCOCC3)c3c(c12)CCCC3)NC(c1ccccc1)c1ccccc1. The summed E-state index contributed by atoms with van der Waals surface area (Å²) in [5.74, 6) is 1.41. The van der Waals surface area contributed by atoms with Crippen molar-refractivity contribution in [3.63, 3.8) is 0 Å². The molecule has 9 heteroatoms. The molecule has 5 aromatic rings. The van der Waals surface area contributed by atoms with E-state index in [1.807, 2.05) is 36.4 Å². The largest absolute Gasteiger partial charge is 0.378 e. The number of thiophene rings is 1. The van der Waals surface area contributed by atoms with E-state index in [-0.39, 0.29) is 11.9 Å². The van der Waals surface area contributed by atoms with Crippen LogP contribution in [0.5, 0.6) is 0 Å². The Morgan fingerprint density at radius 1 is 1.00 bits per heavy atom. The van der Waals surface area contributed by atoms with Crippen LogP contribution >= 0.6 is 23.1 Å². The van der Waals surface area contributed by atoms with Crippen molar-refractivity contribution in [1.29, 1.82) is 0 Å². The summed E-state index contributed by atoms with van der Waals surface area (Å²) < 4.78 is 6.69. The number of aromatic nitrogens is 3. The number of anilines is 1. The van der Waals surface area contributed by atoms with Gasteiger partial charge in [-0.1, -0.05) is 72.4 Å². The molecule has 0 spiro atoms. The third-order valence-corrected chi connectivity index (χ3v) is 10.2. The standard InChI is InChI=1S/C32H31N5O2S2/c38-25(35-27(21-9-3-1-4-10-21)22-11-5-2-6-12-22)19-40-32-29-28(33-20-34-32)26-23-13-7-8-14-24(23)30(36-31(26)41-29)37-15-17-39-18-16-37/h1-6,9-12,20,27H,7-8,13-19H2,(H,35,38)/p+1. The summed E-state index contributed by atoms with van der Waals surface area (Å²) >= 11 is 3.21. The van der Waals surface area contributed by atoms with Crippen molar-refractivity contribution >= 4 is 55.3 Å². The molecule has 2 aliphatic rings. The normalized spacial score (nSPS) is 15.4. The van der Waals surface area contributed by atoms with Crippen molar-refractivity contribution in [2.45, 2.75) is 36.8 Å². The number of nitrogens with one attached hydrogen (secondary N) is 2. The van der Waals surface area contributed by atoms with Crippen LogP contribution < -0.4 is 15.2 Å². The first-order chi connectivity index (χ1) is 20.3. The van der Waals surface area contributed by atoms with Crippen LogP contribution in [0, 0.1) is 0 Å². The first-order valence-electron chi connectivity index (χ1n) is 14.3. The van der Waals surface area contributed by atoms with Crippen LogP contribution in [-0.4, -0.2) is 47.9 Å². The second-order valence-corrected chi connectivity index (χ2v) is 12.5. The molecule has 0 atom stereocenters. The summed E-state index contributed by atoms with van der Waals surface area (Å²) in [6.45, 7) is 3.25. The zero-order valence-corrected chi connectivity index (χ0v) is 24.4. The number of morpholine rings is 1. The monoisotopic (exact) mass is 582 g/mol. The third-order valence-electron chi connectivity index (χ3n) is 7.94. The topological polar surface area (TPSA) is 81.5 Å². The number of hydrogen-bond donors (Lipinski definition) is 1. The van der Waals surface area contributed by atoms with Crippen LogP contribution in [0.3, 0.4) is 0 Å². The van der Waals surface area contributed by atoms with Gasteiger partial charge in [-0.3, -0.25) is 4.79 Å². The molecule has 0 unspecified atom stereocenters. The van der Waals surface area contributed by atoms with Crippen LogP contribution in [0.2, 0.25) is 0 Å². The fourth-order valence-electron chi connectivity index (χ4n) is 5.99. The second kappa shape index (κ2) is 11.8. The van der Waals surface area contributed by atoms with Crippen LogP contribution in [-0.2, 0) is 22.4 Å². The Morgan fingerprint density at radius 2 is 1.68 bits per heavy atom. The minimum Gasteiger partial charge on any atom is -0.378 e. The fourth-order valence-corrected chi connectivity index (χ4v) is 8.06. The number of nitrogens with zero attached hydrogens (tertiary/aromatic N) is 3. The molecule has 1 aliphatic heterocycles. The van der Waals surface area contributed by atoms with E-state index in [4.69, 9.17) is 14.7 Å². The molecule has 1 amide bonds. The van der Waals surface area contributed by atoms with E-state index in [0.717, 1.165) is 76.2 Å². The average Bonchev–Trinajstić information content (AvgIpc) is 3.43. The van der Waals surface area contributed by atoms with Gasteiger partial charge < -0.3 is 15.0 Å². The number of thioether (sulfide) groups is 1. The minimum absolute atomic E-state index is 0.0164. The Bertz CT molecular complexity index is 1650. The summed E-state index contributed by atoms with van der Waals surface area (Å²) in [6.07, 6.45) is 6.27. The Kier molecular flexibility index (Phi) is 7.56. The van der Waals surface area contributed by atoms with Gasteiger partial charge in [-0.2, -0.15) is 0 Å². The smallest absolute Gasteiger partial charge is 0.285 e. The highest BCUT2D eigenvalue weighted by atomic mass is 32.2. The maximum absolute atomic E-state index is 13.3. The Balaban J connectivity index is 1.18. The minimum atomic E-state index is -0.203. The number of carbonyl (C=O) groups is 1. The summed E-state index contributed by atoms with van der Waals surface area (Å²) in [6, 6.07) is 20.0. The number of fused-ring (bicyclic) bond motifs is 5. The molecule has 1 fully saturated rings. The quantitative estimate of drug-likeness (QED) is 0.205. The van der Waals surface area contributed by atoms with Crippen molar-refractivity contribution in [2.24, 2.45) is 0 Å². The highest BCUT2D eigenvalue weighted by Crippen LogP contribution is 2.42. The number of rotatable bonds is 7. The number of benzene rings is 2. The number of carbonyl (C=O) groups excluding carboxylic acids is 1. The predicted molar refractivity (Wildman–Crippen MR) is 165 cm³/mol. The van der Waals surface area contributed by atoms with Crippen molar-refractivity contribution in [1.82, 2.24) is 15.3 Å². The van der Waals surface area contributed by atoms with Gasteiger partial charge in [0.25, 0.3) is 6.33 Å². The molecule has 41 heavy (non-hydrogen) atoms. The molecule has 4 heterocycles. The maximum Gasteiger partial charge on any atom is 0.285 e. The lowest BCUT2D eigenvalue weighted by atomic mass is 9.90. The molecular formula is C32H32N5O2S2+. The fraction of sp³-hybridized carbons (Fsp3) is 0.312. The Labute approximate surface area is 247 Å². The molecule has 0 radical (unpaired) electrons. The van der Waals surface area contributed by atoms with Gasteiger partial charge in [0.2, 0.25) is 11.4 Å². The summed E-state index contributed by atoms with van der Waals surface area (Å²) in [5.41, 5.74) is 5.92. The van der Waals surface area contributed by atoms with Gasteiger partial charge in [0.15, 0.2) is 5.03 Å². The lowest BCUT2D eigenvalue weighted by molar-refractivity contribution is -0.427. The van der Waals surface area contributed by atoms with E-state index < -0.39 is 0 Å². The maximum atomic E-state index is 13.3. The molecule has 0 saturated carbocycles. The van der Waals surface area contributed by atoms with E-state index >= 15 is 0 Å². The van der Waals surface area contributed by atoms with Crippen LogP contribution in [0.1, 0.15) is 41.1 Å². The highest BCUT2D eigenvalue weighted by molar-refractivity contribution is 8.00. The number of aromatic amines is 1. The number of H-pyrrole nitrogens is 1. The van der Waals surface area contributed by atoms with Crippen LogP contribution in [0.4, 0.5) is 5.82 Å².